The number of hydrogen-bond donors (Lipinski definition) is 1. The molecule has 0 saturated carbocycles. The number of carbonyl (C=O) groups excluding carboxylic acids is 1. The van der Waals surface area contributed by atoms with E-state index in [0.717, 1.165) is 23.2 Å². The molecule has 1 N–H and O–H groups in total. The average Bonchev–Trinajstić information content (AvgIpc) is 3.21. The Labute approximate surface area is 189 Å². The summed E-state index contributed by atoms with van der Waals surface area (Å²) in [6.45, 7) is 3.93. The van der Waals surface area contributed by atoms with Crippen LogP contribution in [-0.2, 0) is 23.0 Å². The van der Waals surface area contributed by atoms with Gasteiger partial charge in [0.1, 0.15) is 0 Å². The molecular formula is C21H22N4O5S2. The summed E-state index contributed by atoms with van der Waals surface area (Å²) in [6.07, 6.45) is 0.843. The smallest absolute Gasteiger partial charge is 0.273 e. The lowest BCUT2D eigenvalue weighted by atomic mass is 10.2. The molecule has 0 aliphatic rings. The third kappa shape index (κ3) is 5.29. The van der Waals surface area contributed by atoms with E-state index in [0.29, 0.717) is 17.7 Å². The molecule has 0 spiro atoms. The normalized spacial score (nSPS) is 11.2. The van der Waals surface area contributed by atoms with Gasteiger partial charge >= 0.3 is 0 Å². The van der Waals surface area contributed by atoms with Crippen molar-refractivity contribution in [3.05, 3.63) is 79.8 Å². The van der Waals surface area contributed by atoms with Gasteiger partial charge in [0.25, 0.3) is 21.6 Å². The Balaban J connectivity index is 1.71. The van der Waals surface area contributed by atoms with Gasteiger partial charge in [0.05, 0.1) is 27.1 Å². The second-order valence-electron chi connectivity index (χ2n) is 7.14. The van der Waals surface area contributed by atoms with Crippen LogP contribution in [0.2, 0.25) is 0 Å². The van der Waals surface area contributed by atoms with E-state index in [2.05, 4.69) is 9.71 Å². The third-order valence-electron chi connectivity index (χ3n) is 4.72. The molecular weight excluding hydrogens is 452 g/mol. The monoisotopic (exact) mass is 474 g/mol. The molecule has 9 nitrogen and oxygen atoms in total. The number of carbonyl (C=O) groups is 1. The van der Waals surface area contributed by atoms with E-state index >= 15 is 0 Å². The first-order valence-corrected chi connectivity index (χ1v) is 12.0. The minimum absolute atomic E-state index is 0.218. The molecule has 1 amide bonds. The number of nitrogens with one attached hydrogen (secondary N) is 1. The summed E-state index contributed by atoms with van der Waals surface area (Å²) in [6, 6.07) is 9.70. The first-order chi connectivity index (χ1) is 15.1. The Hall–Kier alpha value is -3.31. The fraction of sp³-hybridized carbons (Fsp3) is 0.238. The molecule has 3 aromatic rings. The molecule has 0 fully saturated rings. The zero-order valence-electron chi connectivity index (χ0n) is 17.7. The molecule has 32 heavy (non-hydrogen) atoms. The predicted octanol–water partition coefficient (Wildman–Crippen LogP) is 4.00. The average molecular weight is 475 g/mol. The maximum Gasteiger partial charge on any atom is 0.273 e. The van der Waals surface area contributed by atoms with Gasteiger partial charge in [-0.25, -0.2) is 13.4 Å². The summed E-state index contributed by atoms with van der Waals surface area (Å²) in [7, 11) is -2.36. The Morgan fingerprint density at radius 3 is 2.50 bits per heavy atom. The van der Waals surface area contributed by atoms with E-state index in [9.17, 15) is 23.3 Å². The number of rotatable bonds is 8. The zero-order chi connectivity index (χ0) is 23.5. The topological polar surface area (TPSA) is 123 Å². The van der Waals surface area contributed by atoms with Crippen LogP contribution >= 0.6 is 11.3 Å². The van der Waals surface area contributed by atoms with Crippen molar-refractivity contribution in [2.45, 2.75) is 31.7 Å². The molecule has 2 aromatic carbocycles. The molecule has 0 bridgehead atoms. The molecule has 3 rings (SSSR count). The summed E-state index contributed by atoms with van der Waals surface area (Å²) in [5.74, 6) is -0.223. The van der Waals surface area contributed by atoms with Crippen molar-refractivity contribution < 1.29 is 18.1 Å². The lowest BCUT2D eigenvalue weighted by Gasteiger charge is -2.16. The van der Waals surface area contributed by atoms with Crippen LogP contribution in [0.4, 0.5) is 11.4 Å². The second-order valence-corrected chi connectivity index (χ2v) is 9.76. The van der Waals surface area contributed by atoms with Crippen LogP contribution in [0.3, 0.4) is 0 Å². The van der Waals surface area contributed by atoms with Crippen LogP contribution in [0.15, 0.2) is 52.7 Å². The van der Waals surface area contributed by atoms with Gasteiger partial charge in [-0.2, -0.15) is 0 Å². The number of amides is 1. The minimum Gasteiger partial charge on any atom is -0.336 e. The van der Waals surface area contributed by atoms with Crippen molar-refractivity contribution >= 4 is 38.6 Å². The van der Waals surface area contributed by atoms with Crippen molar-refractivity contribution in [2.75, 3.05) is 11.8 Å². The number of benzene rings is 2. The van der Waals surface area contributed by atoms with E-state index in [-0.39, 0.29) is 22.2 Å². The highest BCUT2D eigenvalue weighted by Crippen LogP contribution is 2.24. The standard InChI is InChI=1S/C21H22N4O5S2/c1-4-20-22-17(13-31-20)12-24(3)21(26)15-6-8-16(9-7-15)23-32(29,30)18-10-5-14(2)19(11-18)25(27)28/h5-11,13,23H,4,12H2,1-3H3. The minimum atomic E-state index is -4.03. The Kier molecular flexibility index (Phi) is 6.90. The SMILES string of the molecule is CCc1nc(CN(C)C(=O)c2ccc(NS(=O)(=O)c3ccc(C)c([N+](=O)[O-])c3)cc2)cs1. The van der Waals surface area contributed by atoms with E-state index in [1.807, 2.05) is 12.3 Å². The number of sulfonamides is 1. The molecule has 1 heterocycles. The number of aromatic nitrogens is 1. The molecule has 0 atom stereocenters. The van der Waals surface area contributed by atoms with Crippen LogP contribution in [0.25, 0.3) is 0 Å². The van der Waals surface area contributed by atoms with Gasteiger partial charge in [-0.1, -0.05) is 13.0 Å². The third-order valence-corrected chi connectivity index (χ3v) is 7.14. The van der Waals surface area contributed by atoms with Gasteiger partial charge in [0.2, 0.25) is 0 Å². The van der Waals surface area contributed by atoms with E-state index in [4.69, 9.17) is 0 Å². The number of thiazole rings is 1. The van der Waals surface area contributed by atoms with Crippen molar-refractivity contribution in [2.24, 2.45) is 0 Å². The number of hydrogen-bond acceptors (Lipinski definition) is 7. The number of anilines is 1. The lowest BCUT2D eigenvalue weighted by Crippen LogP contribution is -2.26. The van der Waals surface area contributed by atoms with Crippen LogP contribution in [0.5, 0.6) is 0 Å². The van der Waals surface area contributed by atoms with Crippen molar-refractivity contribution in [1.82, 2.24) is 9.88 Å². The second kappa shape index (κ2) is 9.45. The van der Waals surface area contributed by atoms with Gasteiger partial charge in [-0.3, -0.25) is 19.6 Å². The summed E-state index contributed by atoms with van der Waals surface area (Å²) in [5, 5.41) is 14.0. The van der Waals surface area contributed by atoms with Gasteiger partial charge in [-0.15, -0.1) is 11.3 Å². The Bertz CT molecular complexity index is 1250. The van der Waals surface area contributed by atoms with Gasteiger partial charge in [0.15, 0.2) is 0 Å². The van der Waals surface area contributed by atoms with Crippen LogP contribution in [0.1, 0.15) is 33.5 Å². The lowest BCUT2D eigenvalue weighted by molar-refractivity contribution is -0.385. The van der Waals surface area contributed by atoms with Crippen LogP contribution < -0.4 is 4.72 Å². The van der Waals surface area contributed by atoms with Crippen LogP contribution in [-0.4, -0.2) is 36.2 Å². The molecule has 168 valence electrons. The number of nitrogens with zero attached hydrogens (tertiary/aromatic N) is 3. The summed E-state index contributed by atoms with van der Waals surface area (Å²) >= 11 is 1.56. The van der Waals surface area contributed by atoms with Gasteiger partial charge in [0, 0.05) is 35.3 Å². The number of nitro benzene ring substituents is 1. The van der Waals surface area contributed by atoms with E-state index in [1.165, 1.54) is 43.3 Å². The molecule has 1 aromatic heterocycles. The molecule has 0 unspecified atom stereocenters. The largest absolute Gasteiger partial charge is 0.336 e. The molecule has 11 heteroatoms. The molecule has 0 aliphatic carbocycles. The molecule has 0 radical (unpaired) electrons. The van der Waals surface area contributed by atoms with Crippen molar-refractivity contribution in [1.29, 1.82) is 0 Å². The fourth-order valence-corrected chi connectivity index (χ4v) is 4.78. The molecule has 0 aliphatic heterocycles. The van der Waals surface area contributed by atoms with Gasteiger partial charge in [-0.05, 0) is 43.7 Å². The zero-order valence-corrected chi connectivity index (χ0v) is 19.4. The highest BCUT2D eigenvalue weighted by molar-refractivity contribution is 7.92. The van der Waals surface area contributed by atoms with E-state index < -0.39 is 14.9 Å². The highest BCUT2D eigenvalue weighted by atomic mass is 32.2. The summed E-state index contributed by atoms with van der Waals surface area (Å²) in [4.78, 5) is 28.9. The highest BCUT2D eigenvalue weighted by Gasteiger charge is 2.20. The van der Waals surface area contributed by atoms with Crippen molar-refractivity contribution in [3.63, 3.8) is 0 Å². The van der Waals surface area contributed by atoms with Gasteiger partial charge < -0.3 is 4.90 Å². The summed E-state index contributed by atoms with van der Waals surface area (Å²) < 4.78 is 27.6. The van der Waals surface area contributed by atoms with Crippen molar-refractivity contribution in [3.8, 4) is 0 Å². The summed E-state index contributed by atoms with van der Waals surface area (Å²) in [5.41, 5.74) is 1.54. The van der Waals surface area contributed by atoms with Crippen LogP contribution in [0, 0.1) is 17.0 Å². The Morgan fingerprint density at radius 1 is 1.22 bits per heavy atom. The number of aryl methyl sites for hydroxylation is 2. The predicted molar refractivity (Wildman–Crippen MR) is 122 cm³/mol. The first kappa shape index (κ1) is 23.4. The molecule has 0 saturated heterocycles. The quantitative estimate of drug-likeness (QED) is 0.389. The fourth-order valence-electron chi connectivity index (χ4n) is 2.97. The maximum atomic E-state index is 12.7. The van der Waals surface area contributed by atoms with E-state index in [1.54, 1.807) is 23.3 Å². The Morgan fingerprint density at radius 2 is 1.91 bits per heavy atom. The maximum absolute atomic E-state index is 12.7. The first-order valence-electron chi connectivity index (χ1n) is 9.67. The number of nitro groups is 1.